The molecule has 1 unspecified atom stereocenters. The molecule has 0 spiro atoms. The predicted molar refractivity (Wildman–Crippen MR) is 67.4 cm³/mol. The molecule has 0 saturated heterocycles. The van der Waals surface area contributed by atoms with Crippen LogP contribution >= 0.6 is 11.6 Å². The van der Waals surface area contributed by atoms with Crippen LogP contribution in [0.15, 0.2) is 12.1 Å². The van der Waals surface area contributed by atoms with Crippen LogP contribution in [-0.2, 0) is 0 Å². The molecule has 16 heavy (non-hydrogen) atoms. The van der Waals surface area contributed by atoms with Crippen molar-refractivity contribution in [3.05, 3.63) is 28.8 Å². The second kappa shape index (κ2) is 6.12. The number of alkyl halides is 1. The largest absolute Gasteiger partial charge is 0.496 e. The molecule has 0 bridgehead atoms. The second-order valence-corrected chi connectivity index (χ2v) is 4.54. The van der Waals surface area contributed by atoms with Crippen LogP contribution in [0.1, 0.15) is 34.9 Å². The highest BCUT2D eigenvalue weighted by molar-refractivity contribution is 6.21. The van der Waals surface area contributed by atoms with Crippen LogP contribution in [0.2, 0.25) is 0 Å². The Morgan fingerprint density at radius 2 is 1.94 bits per heavy atom. The number of benzene rings is 1. The fraction of sp³-hybridized carbons (Fsp3) is 0.538. The van der Waals surface area contributed by atoms with Gasteiger partial charge in [-0.05, 0) is 43.9 Å². The molecule has 0 aromatic heterocycles. The fourth-order valence-electron chi connectivity index (χ4n) is 1.66. The summed E-state index contributed by atoms with van der Waals surface area (Å²) in [7, 11) is 1.66. The zero-order valence-electron chi connectivity index (χ0n) is 10.1. The van der Waals surface area contributed by atoms with Crippen molar-refractivity contribution in [1.29, 1.82) is 0 Å². The molecule has 0 saturated carbocycles. The van der Waals surface area contributed by atoms with Crippen molar-refractivity contribution in [2.24, 2.45) is 0 Å². The zero-order chi connectivity index (χ0) is 12.1. The van der Waals surface area contributed by atoms with Gasteiger partial charge in [-0.1, -0.05) is 6.07 Å². The molecule has 2 nitrogen and oxygen atoms in total. The van der Waals surface area contributed by atoms with Crippen LogP contribution in [0.25, 0.3) is 0 Å². The van der Waals surface area contributed by atoms with Crippen LogP contribution in [-0.4, -0.2) is 18.8 Å². The van der Waals surface area contributed by atoms with Crippen molar-refractivity contribution >= 4 is 11.6 Å². The number of rotatable bonds is 5. The molecule has 90 valence electrons. The maximum atomic E-state index is 8.80. The summed E-state index contributed by atoms with van der Waals surface area (Å²) in [5.41, 5.74) is 3.43. The Hall–Kier alpha value is -0.730. The van der Waals surface area contributed by atoms with Gasteiger partial charge in [-0.25, -0.2) is 0 Å². The number of halogens is 1. The normalized spacial score (nSPS) is 12.6. The fourth-order valence-corrected chi connectivity index (χ4v) is 1.98. The number of aliphatic hydroxyl groups excluding tert-OH is 1. The lowest BCUT2D eigenvalue weighted by Crippen LogP contribution is -1.99. The van der Waals surface area contributed by atoms with Crippen LogP contribution in [0.4, 0.5) is 0 Å². The van der Waals surface area contributed by atoms with E-state index in [4.69, 9.17) is 21.4 Å². The molecule has 3 heteroatoms. The quantitative estimate of drug-likeness (QED) is 0.803. The van der Waals surface area contributed by atoms with Gasteiger partial charge >= 0.3 is 0 Å². The van der Waals surface area contributed by atoms with E-state index in [1.807, 2.05) is 6.07 Å². The first kappa shape index (κ1) is 13.3. The molecule has 1 aromatic rings. The maximum absolute atomic E-state index is 8.80. The molecule has 1 atom stereocenters. The van der Waals surface area contributed by atoms with E-state index in [9.17, 15) is 0 Å². The molecule has 0 aliphatic heterocycles. The van der Waals surface area contributed by atoms with Gasteiger partial charge in [0, 0.05) is 12.2 Å². The molecule has 0 amide bonds. The van der Waals surface area contributed by atoms with Gasteiger partial charge in [0.15, 0.2) is 0 Å². The number of aliphatic hydroxyl groups is 1. The Kier molecular flexibility index (Phi) is 5.10. The first-order chi connectivity index (χ1) is 7.60. The number of aryl methyl sites for hydroxylation is 2. The van der Waals surface area contributed by atoms with E-state index in [2.05, 4.69) is 19.9 Å². The Labute approximate surface area is 102 Å². The van der Waals surface area contributed by atoms with Gasteiger partial charge < -0.3 is 9.84 Å². The minimum absolute atomic E-state index is 0.0959. The highest BCUT2D eigenvalue weighted by Crippen LogP contribution is 2.34. The van der Waals surface area contributed by atoms with E-state index < -0.39 is 0 Å². The van der Waals surface area contributed by atoms with Gasteiger partial charge in [0.05, 0.1) is 12.5 Å². The van der Waals surface area contributed by atoms with E-state index in [-0.39, 0.29) is 12.0 Å². The van der Waals surface area contributed by atoms with Crippen molar-refractivity contribution in [3.8, 4) is 5.75 Å². The standard InChI is InChI=1S/C13H19ClO2/c1-9-7-11(12(14)5-4-6-15)13(16-3)8-10(9)2/h7-8,12,15H,4-6H2,1-3H3. The molecular formula is C13H19ClO2. The number of hydrogen-bond acceptors (Lipinski definition) is 2. The van der Waals surface area contributed by atoms with Crippen molar-refractivity contribution in [3.63, 3.8) is 0 Å². The van der Waals surface area contributed by atoms with E-state index in [1.54, 1.807) is 7.11 Å². The summed E-state index contributed by atoms with van der Waals surface area (Å²) in [6.07, 6.45) is 1.47. The van der Waals surface area contributed by atoms with Crippen LogP contribution in [0.3, 0.4) is 0 Å². The van der Waals surface area contributed by atoms with E-state index in [0.29, 0.717) is 6.42 Å². The summed E-state index contributed by atoms with van der Waals surface area (Å²) in [5.74, 6) is 0.834. The summed E-state index contributed by atoms with van der Waals surface area (Å²) >= 11 is 6.30. The minimum atomic E-state index is -0.0959. The van der Waals surface area contributed by atoms with Crippen LogP contribution in [0.5, 0.6) is 5.75 Å². The minimum Gasteiger partial charge on any atom is -0.496 e. The first-order valence-electron chi connectivity index (χ1n) is 5.50. The molecular weight excluding hydrogens is 224 g/mol. The van der Waals surface area contributed by atoms with Gasteiger partial charge in [-0.3, -0.25) is 0 Å². The molecule has 1 N–H and O–H groups in total. The van der Waals surface area contributed by atoms with Crippen LogP contribution < -0.4 is 4.74 Å². The molecule has 0 fully saturated rings. The highest BCUT2D eigenvalue weighted by Gasteiger charge is 2.14. The zero-order valence-corrected chi connectivity index (χ0v) is 10.8. The molecule has 1 aromatic carbocycles. The van der Waals surface area contributed by atoms with E-state index in [0.717, 1.165) is 17.7 Å². The Morgan fingerprint density at radius 1 is 1.31 bits per heavy atom. The summed E-state index contributed by atoms with van der Waals surface area (Å²) < 4.78 is 5.34. The SMILES string of the molecule is COc1cc(C)c(C)cc1C(Cl)CCCO. The monoisotopic (exact) mass is 242 g/mol. The Balaban J connectivity index is 2.96. The average molecular weight is 243 g/mol. The van der Waals surface area contributed by atoms with E-state index in [1.165, 1.54) is 11.1 Å². The Morgan fingerprint density at radius 3 is 2.50 bits per heavy atom. The smallest absolute Gasteiger partial charge is 0.123 e. The third kappa shape index (κ3) is 3.13. The second-order valence-electron chi connectivity index (χ2n) is 4.01. The van der Waals surface area contributed by atoms with Crippen molar-refractivity contribution in [1.82, 2.24) is 0 Å². The lowest BCUT2D eigenvalue weighted by molar-refractivity contribution is 0.283. The van der Waals surface area contributed by atoms with Gasteiger partial charge in [-0.15, -0.1) is 11.6 Å². The molecule has 0 heterocycles. The van der Waals surface area contributed by atoms with Crippen LogP contribution in [0, 0.1) is 13.8 Å². The molecule has 0 aliphatic carbocycles. The Bertz CT molecular complexity index is 350. The highest BCUT2D eigenvalue weighted by atomic mass is 35.5. The predicted octanol–water partition coefficient (Wildman–Crippen LogP) is 3.36. The van der Waals surface area contributed by atoms with Gasteiger partial charge in [0.2, 0.25) is 0 Å². The number of methoxy groups -OCH3 is 1. The number of ether oxygens (including phenoxy) is 1. The summed E-state index contributed by atoms with van der Waals surface area (Å²) in [6.45, 7) is 4.29. The average Bonchev–Trinajstić information content (AvgIpc) is 2.28. The molecule has 0 radical (unpaired) electrons. The van der Waals surface area contributed by atoms with Crippen molar-refractivity contribution in [2.75, 3.05) is 13.7 Å². The summed E-state index contributed by atoms with van der Waals surface area (Å²) in [6, 6.07) is 4.09. The first-order valence-corrected chi connectivity index (χ1v) is 5.93. The third-order valence-corrected chi connectivity index (χ3v) is 3.25. The topological polar surface area (TPSA) is 29.5 Å². The lowest BCUT2D eigenvalue weighted by Gasteiger charge is -2.16. The van der Waals surface area contributed by atoms with E-state index >= 15 is 0 Å². The van der Waals surface area contributed by atoms with Crippen molar-refractivity contribution in [2.45, 2.75) is 32.1 Å². The third-order valence-electron chi connectivity index (χ3n) is 2.80. The summed E-state index contributed by atoms with van der Waals surface area (Å²) in [5, 5.41) is 8.70. The molecule has 1 rings (SSSR count). The lowest BCUT2D eigenvalue weighted by atomic mass is 10.0. The number of hydrogen-bond donors (Lipinski definition) is 1. The maximum Gasteiger partial charge on any atom is 0.123 e. The molecule has 0 aliphatic rings. The van der Waals surface area contributed by atoms with Gasteiger partial charge in [0.25, 0.3) is 0 Å². The van der Waals surface area contributed by atoms with Gasteiger partial charge in [-0.2, -0.15) is 0 Å². The van der Waals surface area contributed by atoms with Crippen molar-refractivity contribution < 1.29 is 9.84 Å². The van der Waals surface area contributed by atoms with Gasteiger partial charge in [0.1, 0.15) is 5.75 Å². The summed E-state index contributed by atoms with van der Waals surface area (Å²) in [4.78, 5) is 0.